The fourth-order valence-electron chi connectivity index (χ4n) is 2.71. The van der Waals surface area contributed by atoms with Crippen molar-refractivity contribution in [2.75, 3.05) is 25.5 Å². The predicted octanol–water partition coefficient (Wildman–Crippen LogP) is 2.94. The molecule has 0 spiro atoms. The first kappa shape index (κ1) is 13.5. The maximum Gasteiger partial charge on any atom is 0.146 e. The standard InChI is InChI=1S/C15H20N4S/c1-18(2)15-9-16-8-13(17-15)14-4-3-6-19(14)10-12-5-7-20-11-12/h5,7-9,11,14H,3-4,6,10H2,1-2H3/t14-/m1/s1. The zero-order valence-corrected chi connectivity index (χ0v) is 12.8. The van der Waals surface area contributed by atoms with Gasteiger partial charge in [-0.1, -0.05) is 0 Å². The Hall–Kier alpha value is -1.46. The minimum Gasteiger partial charge on any atom is -0.361 e. The van der Waals surface area contributed by atoms with E-state index < -0.39 is 0 Å². The van der Waals surface area contributed by atoms with Crippen LogP contribution in [0, 0.1) is 0 Å². The topological polar surface area (TPSA) is 32.3 Å². The van der Waals surface area contributed by atoms with Crippen molar-refractivity contribution in [3.05, 3.63) is 40.5 Å². The van der Waals surface area contributed by atoms with Gasteiger partial charge in [0.25, 0.3) is 0 Å². The van der Waals surface area contributed by atoms with E-state index in [0.717, 1.165) is 24.6 Å². The molecule has 0 unspecified atom stereocenters. The summed E-state index contributed by atoms with van der Waals surface area (Å²) in [5.41, 5.74) is 2.50. The van der Waals surface area contributed by atoms with Crippen molar-refractivity contribution in [3.8, 4) is 0 Å². The molecule has 1 fully saturated rings. The fraction of sp³-hybridized carbons (Fsp3) is 0.467. The van der Waals surface area contributed by atoms with Gasteiger partial charge in [-0.2, -0.15) is 11.3 Å². The van der Waals surface area contributed by atoms with Crippen LogP contribution in [-0.4, -0.2) is 35.5 Å². The number of thiophene rings is 1. The molecule has 4 nitrogen and oxygen atoms in total. The summed E-state index contributed by atoms with van der Waals surface area (Å²) in [7, 11) is 4.01. The van der Waals surface area contributed by atoms with Crippen LogP contribution in [0.4, 0.5) is 5.82 Å². The second-order valence-corrected chi connectivity index (χ2v) is 6.24. The molecule has 2 aromatic heterocycles. The summed E-state index contributed by atoms with van der Waals surface area (Å²) >= 11 is 1.77. The van der Waals surface area contributed by atoms with Crippen molar-refractivity contribution in [1.29, 1.82) is 0 Å². The summed E-state index contributed by atoms with van der Waals surface area (Å²) in [6, 6.07) is 2.62. The lowest BCUT2D eigenvalue weighted by Crippen LogP contribution is -2.24. The van der Waals surface area contributed by atoms with Gasteiger partial charge in [-0.25, -0.2) is 4.98 Å². The highest BCUT2D eigenvalue weighted by Crippen LogP contribution is 2.32. The van der Waals surface area contributed by atoms with E-state index in [1.807, 2.05) is 31.4 Å². The van der Waals surface area contributed by atoms with Gasteiger partial charge in [0.2, 0.25) is 0 Å². The van der Waals surface area contributed by atoms with E-state index in [-0.39, 0.29) is 0 Å². The lowest BCUT2D eigenvalue weighted by molar-refractivity contribution is 0.244. The van der Waals surface area contributed by atoms with E-state index in [9.17, 15) is 0 Å². The van der Waals surface area contributed by atoms with Gasteiger partial charge in [-0.3, -0.25) is 9.88 Å². The van der Waals surface area contributed by atoms with E-state index in [1.165, 1.54) is 18.4 Å². The van der Waals surface area contributed by atoms with E-state index in [2.05, 4.69) is 26.7 Å². The van der Waals surface area contributed by atoms with Crippen LogP contribution < -0.4 is 4.90 Å². The molecule has 1 atom stereocenters. The third kappa shape index (κ3) is 2.83. The second-order valence-electron chi connectivity index (χ2n) is 5.46. The fourth-order valence-corrected chi connectivity index (χ4v) is 3.37. The van der Waals surface area contributed by atoms with Crippen molar-refractivity contribution >= 4 is 17.2 Å². The van der Waals surface area contributed by atoms with Crippen LogP contribution in [0.15, 0.2) is 29.2 Å². The molecule has 0 aliphatic carbocycles. The van der Waals surface area contributed by atoms with Crippen LogP contribution in [0.3, 0.4) is 0 Å². The summed E-state index contributed by atoms with van der Waals surface area (Å²) < 4.78 is 0. The summed E-state index contributed by atoms with van der Waals surface area (Å²) in [5.74, 6) is 0.935. The zero-order valence-electron chi connectivity index (χ0n) is 12.0. The van der Waals surface area contributed by atoms with Crippen molar-refractivity contribution < 1.29 is 0 Å². The number of hydrogen-bond donors (Lipinski definition) is 0. The number of hydrogen-bond acceptors (Lipinski definition) is 5. The Morgan fingerprint density at radius 3 is 3.05 bits per heavy atom. The minimum atomic E-state index is 0.405. The van der Waals surface area contributed by atoms with Crippen molar-refractivity contribution in [2.45, 2.75) is 25.4 Å². The zero-order chi connectivity index (χ0) is 13.9. The first-order chi connectivity index (χ1) is 9.74. The molecule has 1 aliphatic rings. The van der Waals surface area contributed by atoms with Gasteiger partial charge in [0, 0.05) is 20.6 Å². The monoisotopic (exact) mass is 288 g/mol. The molecule has 0 aromatic carbocycles. The van der Waals surface area contributed by atoms with Crippen molar-refractivity contribution in [1.82, 2.24) is 14.9 Å². The van der Waals surface area contributed by atoms with Crippen LogP contribution in [0.25, 0.3) is 0 Å². The quantitative estimate of drug-likeness (QED) is 0.866. The average molecular weight is 288 g/mol. The first-order valence-electron chi connectivity index (χ1n) is 6.98. The molecule has 1 saturated heterocycles. The van der Waals surface area contributed by atoms with Gasteiger partial charge in [-0.15, -0.1) is 0 Å². The number of nitrogens with zero attached hydrogens (tertiary/aromatic N) is 4. The largest absolute Gasteiger partial charge is 0.361 e. The van der Waals surface area contributed by atoms with Gasteiger partial charge in [-0.05, 0) is 41.8 Å². The van der Waals surface area contributed by atoms with Gasteiger partial charge < -0.3 is 4.90 Å². The number of rotatable bonds is 4. The molecule has 2 aromatic rings. The third-order valence-electron chi connectivity index (χ3n) is 3.77. The molecule has 0 N–H and O–H groups in total. The maximum absolute atomic E-state index is 4.76. The van der Waals surface area contributed by atoms with Crippen molar-refractivity contribution in [3.63, 3.8) is 0 Å². The lowest BCUT2D eigenvalue weighted by atomic mass is 10.1. The van der Waals surface area contributed by atoms with Crippen LogP contribution in [0.5, 0.6) is 0 Å². The number of likely N-dealkylation sites (tertiary alicyclic amines) is 1. The SMILES string of the molecule is CN(C)c1cncc([C@H]2CCCN2Cc2ccsc2)n1. The van der Waals surface area contributed by atoms with Crippen molar-refractivity contribution in [2.24, 2.45) is 0 Å². The lowest BCUT2D eigenvalue weighted by Gasteiger charge is -2.24. The number of aromatic nitrogens is 2. The summed E-state index contributed by atoms with van der Waals surface area (Å²) in [6.07, 6.45) is 6.16. The Kier molecular flexibility index (Phi) is 3.98. The van der Waals surface area contributed by atoms with Crippen LogP contribution in [0.1, 0.15) is 30.1 Å². The molecule has 1 aliphatic heterocycles. The predicted molar refractivity (Wildman–Crippen MR) is 83.1 cm³/mol. The molecule has 106 valence electrons. The molecule has 0 saturated carbocycles. The smallest absolute Gasteiger partial charge is 0.146 e. The van der Waals surface area contributed by atoms with Crippen LogP contribution in [0.2, 0.25) is 0 Å². The van der Waals surface area contributed by atoms with E-state index in [0.29, 0.717) is 6.04 Å². The van der Waals surface area contributed by atoms with Gasteiger partial charge in [0.1, 0.15) is 5.82 Å². The van der Waals surface area contributed by atoms with Crippen LogP contribution in [-0.2, 0) is 6.54 Å². The highest BCUT2D eigenvalue weighted by Gasteiger charge is 2.27. The molecule has 3 heterocycles. The van der Waals surface area contributed by atoms with Crippen LogP contribution >= 0.6 is 11.3 Å². The molecular weight excluding hydrogens is 268 g/mol. The summed E-state index contributed by atoms with van der Waals surface area (Å²) in [6.45, 7) is 2.16. The Bertz CT molecular complexity index is 553. The maximum atomic E-state index is 4.76. The number of anilines is 1. The second kappa shape index (κ2) is 5.89. The highest BCUT2D eigenvalue weighted by atomic mass is 32.1. The van der Waals surface area contributed by atoms with E-state index >= 15 is 0 Å². The first-order valence-corrected chi connectivity index (χ1v) is 7.93. The Morgan fingerprint density at radius 1 is 1.40 bits per heavy atom. The average Bonchev–Trinajstić information content (AvgIpc) is 3.11. The Morgan fingerprint density at radius 2 is 2.30 bits per heavy atom. The molecule has 5 heteroatoms. The molecule has 0 amide bonds. The molecular formula is C15H20N4S. The normalized spacial score (nSPS) is 19.4. The summed E-state index contributed by atoms with van der Waals surface area (Å²) in [5, 5.41) is 4.38. The van der Waals surface area contributed by atoms with Gasteiger partial charge >= 0.3 is 0 Å². The molecule has 20 heavy (non-hydrogen) atoms. The van der Waals surface area contributed by atoms with E-state index in [4.69, 9.17) is 4.98 Å². The minimum absolute atomic E-state index is 0.405. The molecule has 0 radical (unpaired) electrons. The molecule has 3 rings (SSSR count). The van der Waals surface area contributed by atoms with E-state index in [1.54, 1.807) is 11.3 Å². The Balaban J connectivity index is 1.79. The van der Waals surface area contributed by atoms with Gasteiger partial charge in [0.15, 0.2) is 0 Å². The third-order valence-corrected chi connectivity index (χ3v) is 4.50. The molecule has 0 bridgehead atoms. The highest BCUT2D eigenvalue weighted by molar-refractivity contribution is 7.07. The Labute approximate surface area is 124 Å². The summed E-state index contributed by atoms with van der Waals surface area (Å²) in [4.78, 5) is 13.6. The van der Waals surface area contributed by atoms with Gasteiger partial charge in [0.05, 0.1) is 24.1 Å².